The van der Waals surface area contributed by atoms with Gasteiger partial charge in [0.05, 0.1) is 6.04 Å². The Bertz CT molecular complexity index is 609. The van der Waals surface area contributed by atoms with Crippen molar-refractivity contribution in [3.8, 4) is 0 Å². The van der Waals surface area contributed by atoms with Gasteiger partial charge in [-0.15, -0.1) is 0 Å². The van der Waals surface area contributed by atoms with Crippen LogP contribution in [0.25, 0.3) is 0 Å². The molecule has 1 N–H and O–H groups in total. The van der Waals surface area contributed by atoms with Crippen LogP contribution in [-0.4, -0.2) is 31.1 Å². The molecule has 2 aromatic rings. The molecule has 1 atom stereocenters. The fourth-order valence-electron chi connectivity index (χ4n) is 2.86. The summed E-state index contributed by atoms with van der Waals surface area (Å²) in [7, 11) is 0. The monoisotopic (exact) mass is 324 g/mol. The van der Waals surface area contributed by atoms with E-state index in [1.165, 1.54) is 0 Å². The lowest BCUT2D eigenvalue weighted by molar-refractivity contribution is 0.195. The van der Waals surface area contributed by atoms with Crippen molar-refractivity contribution >= 4 is 22.9 Å². The minimum absolute atomic E-state index is 0.106. The van der Waals surface area contributed by atoms with Crippen molar-refractivity contribution in [3.63, 3.8) is 0 Å². The van der Waals surface area contributed by atoms with E-state index < -0.39 is 0 Å². The van der Waals surface area contributed by atoms with Crippen molar-refractivity contribution in [2.45, 2.75) is 13.0 Å². The molecule has 0 amide bonds. The lowest BCUT2D eigenvalue weighted by Crippen LogP contribution is -2.45. The van der Waals surface area contributed by atoms with E-state index in [-0.39, 0.29) is 11.9 Å². The van der Waals surface area contributed by atoms with Crippen molar-refractivity contribution in [2.24, 2.45) is 0 Å². The summed E-state index contributed by atoms with van der Waals surface area (Å²) in [6, 6.07) is 5.50. The van der Waals surface area contributed by atoms with Crippen LogP contribution in [0.15, 0.2) is 29.0 Å². The largest absolute Gasteiger partial charge is 0.314 e. The number of nitrogens with zero attached hydrogens (tertiary/aromatic N) is 1. The lowest BCUT2D eigenvalue weighted by atomic mass is 9.96. The Morgan fingerprint density at radius 2 is 2.05 bits per heavy atom. The fraction of sp³-hybridized carbons (Fsp3) is 0.375. The van der Waals surface area contributed by atoms with Crippen molar-refractivity contribution in [1.29, 1.82) is 0 Å². The maximum Gasteiger partial charge on any atom is 0.132 e. The van der Waals surface area contributed by atoms with E-state index in [0.29, 0.717) is 16.1 Å². The van der Waals surface area contributed by atoms with Crippen LogP contribution < -0.4 is 5.32 Å². The third-order valence-electron chi connectivity index (χ3n) is 3.97. The number of hydrogen-bond acceptors (Lipinski definition) is 3. The number of benzene rings is 1. The van der Waals surface area contributed by atoms with E-state index in [1.807, 2.05) is 5.38 Å². The number of piperazine rings is 1. The maximum absolute atomic E-state index is 14.7. The summed E-state index contributed by atoms with van der Waals surface area (Å²) in [5, 5.41) is 7.97. The molecule has 1 saturated heterocycles. The van der Waals surface area contributed by atoms with Gasteiger partial charge >= 0.3 is 0 Å². The highest BCUT2D eigenvalue weighted by Crippen LogP contribution is 2.37. The zero-order chi connectivity index (χ0) is 14.8. The first-order valence-corrected chi connectivity index (χ1v) is 8.42. The topological polar surface area (TPSA) is 15.3 Å². The highest BCUT2D eigenvalue weighted by Gasteiger charge is 2.29. The highest BCUT2D eigenvalue weighted by atomic mass is 35.5. The fourth-order valence-corrected chi connectivity index (χ4v) is 3.79. The van der Waals surface area contributed by atoms with E-state index in [2.05, 4.69) is 21.7 Å². The molecule has 0 radical (unpaired) electrons. The average Bonchev–Trinajstić information content (AvgIpc) is 3.02. The van der Waals surface area contributed by atoms with Gasteiger partial charge in [-0.3, -0.25) is 4.90 Å². The zero-order valence-corrected chi connectivity index (χ0v) is 13.5. The number of aryl methyl sites for hydroxylation is 1. The summed E-state index contributed by atoms with van der Waals surface area (Å²) in [5.74, 6) is -0.183. The average molecular weight is 325 g/mol. The van der Waals surface area contributed by atoms with Gasteiger partial charge in [-0.2, -0.15) is 11.3 Å². The zero-order valence-electron chi connectivity index (χ0n) is 11.9. The molecule has 1 aliphatic rings. The summed E-state index contributed by atoms with van der Waals surface area (Å²) < 4.78 is 14.7. The summed E-state index contributed by atoms with van der Waals surface area (Å²) in [6.45, 7) is 5.42. The van der Waals surface area contributed by atoms with Gasteiger partial charge in [0.25, 0.3) is 0 Å². The molecular formula is C16H18ClFN2S. The van der Waals surface area contributed by atoms with Gasteiger partial charge in [0, 0.05) is 36.8 Å². The number of thiophene rings is 1. The molecule has 5 heteroatoms. The molecule has 3 rings (SSSR count). The van der Waals surface area contributed by atoms with Crippen LogP contribution in [0.5, 0.6) is 0 Å². The minimum Gasteiger partial charge on any atom is -0.314 e. The van der Waals surface area contributed by atoms with Crippen molar-refractivity contribution in [2.75, 3.05) is 26.2 Å². The maximum atomic E-state index is 14.7. The minimum atomic E-state index is -0.183. The van der Waals surface area contributed by atoms with Crippen molar-refractivity contribution in [3.05, 3.63) is 56.5 Å². The van der Waals surface area contributed by atoms with Crippen LogP contribution in [0.1, 0.15) is 22.7 Å². The summed E-state index contributed by atoms with van der Waals surface area (Å²) in [6.07, 6.45) is 0. The van der Waals surface area contributed by atoms with Crippen LogP contribution in [-0.2, 0) is 0 Å². The molecule has 0 spiro atoms. The molecule has 0 bridgehead atoms. The molecule has 0 aliphatic carbocycles. The lowest BCUT2D eigenvalue weighted by Gasteiger charge is -2.35. The van der Waals surface area contributed by atoms with Crippen molar-refractivity contribution < 1.29 is 4.39 Å². The second-order valence-corrected chi connectivity index (χ2v) is 6.52. The summed E-state index contributed by atoms with van der Waals surface area (Å²) in [5.41, 5.74) is 2.37. The third-order valence-corrected chi connectivity index (χ3v) is 5.00. The Balaban J connectivity index is 2.09. The van der Waals surface area contributed by atoms with Gasteiger partial charge in [0.15, 0.2) is 0 Å². The Kier molecular flexibility index (Phi) is 4.60. The molecule has 1 aliphatic heterocycles. The third kappa shape index (κ3) is 2.99. The number of nitrogens with one attached hydrogen (secondary N) is 1. The van der Waals surface area contributed by atoms with Crippen molar-refractivity contribution in [1.82, 2.24) is 10.2 Å². The first kappa shape index (κ1) is 15.0. The molecule has 1 aromatic heterocycles. The second-order valence-electron chi connectivity index (χ2n) is 5.34. The van der Waals surface area contributed by atoms with Crippen LogP contribution in [0, 0.1) is 12.7 Å². The first-order chi connectivity index (χ1) is 10.2. The molecule has 112 valence electrons. The van der Waals surface area contributed by atoms with Gasteiger partial charge in [-0.05, 0) is 40.9 Å². The molecule has 0 unspecified atom stereocenters. The standard InChI is InChI=1S/C16H18ClFN2S/c1-11-2-3-13(17)14(15(11)18)16(12-4-9-21-10-12)20-7-5-19-6-8-20/h2-4,9-10,16,19H,5-8H2,1H3/t16-/m1/s1. The summed E-state index contributed by atoms with van der Waals surface area (Å²) >= 11 is 7.99. The molecule has 21 heavy (non-hydrogen) atoms. The normalized spacial score (nSPS) is 17.9. The summed E-state index contributed by atoms with van der Waals surface area (Å²) in [4.78, 5) is 2.31. The van der Waals surface area contributed by atoms with E-state index in [1.54, 1.807) is 30.4 Å². The Morgan fingerprint density at radius 3 is 2.71 bits per heavy atom. The first-order valence-electron chi connectivity index (χ1n) is 7.10. The Hall–Kier alpha value is -0.940. The van der Waals surface area contributed by atoms with Crippen LogP contribution in [0.4, 0.5) is 4.39 Å². The Labute approximate surface area is 133 Å². The van der Waals surface area contributed by atoms with Gasteiger partial charge in [0.2, 0.25) is 0 Å². The second kappa shape index (κ2) is 6.44. The molecule has 2 heterocycles. The quantitative estimate of drug-likeness (QED) is 0.922. The number of halogens is 2. The number of hydrogen-bond donors (Lipinski definition) is 1. The van der Waals surface area contributed by atoms with Crippen LogP contribution in [0.3, 0.4) is 0 Å². The molecular weight excluding hydrogens is 307 g/mol. The predicted molar refractivity (Wildman–Crippen MR) is 86.8 cm³/mol. The van der Waals surface area contributed by atoms with E-state index in [0.717, 1.165) is 31.7 Å². The smallest absolute Gasteiger partial charge is 0.132 e. The van der Waals surface area contributed by atoms with Gasteiger partial charge in [-0.1, -0.05) is 17.7 Å². The number of rotatable bonds is 3. The molecule has 1 aromatic carbocycles. The SMILES string of the molecule is Cc1ccc(Cl)c([C@@H](c2ccsc2)N2CCNCC2)c1F. The van der Waals surface area contributed by atoms with Crippen LogP contribution in [0.2, 0.25) is 5.02 Å². The Morgan fingerprint density at radius 1 is 1.29 bits per heavy atom. The highest BCUT2D eigenvalue weighted by molar-refractivity contribution is 7.08. The van der Waals surface area contributed by atoms with E-state index in [9.17, 15) is 4.39 Å². The van der Waals surface area contributed by atoms with Gasteiger partial charge in [0.1, 0.15) is 5.82 Å². The van der Waals surface area contributed by atoms with E-state index in [4.69, 9.17) is 11.6 Å². The van der Waals surface area contributed by atoms with Gasteiger partial charge in [-0.25, -0.2) is 4.39 Å². The molecule has 1 fully saturated rings. The predicted octanol–water partition coefficient (Wildman–Crippen LogP) is 3.84. The van der Waals surface area contributed by atoms with Gasteiger partial charge < -0.3 is 5.32 Å². The van der Waals surface area contributed by atoms with Crippen LogP contribution >= 0.6 is 22.9 Å². The van der Waals surface area contributed by atoms with E-state index >= 15 is 0 Å². The molecule has 2 nitrogen and oxygen atoms in total. The molecule has 0 saturated carbocycles.